The summed E-state index contributed by atoms with van der Waals surface area (Å²) in [7, 11) is 0. The average Bonchev–Trinajstić information content (AvgIpc) is 2.66. The van der Waals surface area contributed by atoms with Crippen LogP contribution in [0, 0.1) is 6.92 Å². The van der Waals surface area contributed by atoms with E-state index in [9.17, 15) is 9.90 Å². The zero-order valence-corrected chi connectivity index (χ0v) is 15.9. The Labute approximate surface area is 159 Å². The van der Waals surface area contributed by atoms with E-state index < -0.39 is 0 Å². The molecule has 1 N–H and O–H groups in total. The maximum atomic E-state index is 11.7. The molecule has 0 saturated carbocycles. The second-order valence-electron chi connectivity index (χ2n) is 6.64. The van der Waals surface area contributed by atoms with Gasteiger partial charge in [-0.1, -0.05) is 30.3 Å². The van der Waals surface area contributed by atoms with Crippen molar-refractivity contribution in [3.05, 3.63) is 47.2 Å². The van der Waals surface area contributed by atoms with E-state index in [1.54, 1.807) is 13.8 Å². The third-order valence-corrected chi connectivity index (χ3v) is 4.71. The summed E-state index contributed by atoms with van der Waals surface area (Å²) < 4.78 is 4.94. The zero-order valence-electron chi connectivity index (χ0n) is 15.9. The van der Waals surface area contributed by atoms with Crippen molar-refractivity contribution in [3.63, 3.8) is 0 Å². The maximum Gasteiger partial charge on any atom is 0.310 e. The second-order valence-corrected chi connectivity index (χ2v) is 6.64. The van der Waals surface area contributed by atoms with Crippen LogP contribution in [0.2, 0.25) is 0 Å². The summed E-state index contributed by atoms with van der Waals surface area (Å²) in [6.45, 7) is 8.17. The minimum absolute atomic E-state index is 0.0172. The van der Waals surface area contributed by atoms with Crippen molar-refractivity contribution in [2.75, 3.05) is 37.7 Å². The predicted octanol–water partition coefficient (Wildman–Crippen LogP) is 1.92. The molecule has 0 aliphatic carbocycles. The van der Waals surface area contributed by atoms with E-state index in [1.807, 2.05) is 6.07 Å². The Morgan fingerprint density at radius 3 is 2.48 bits per heavy atom. The number of anilines is 1. The van der Waals surface area contributed by atoms with Crippen LogP contribution in [-0.4, -0.2) is 58.7 Å². The van der Waals surface area contributed by atoms with Crippen molar-refractivity contribution in [3.8, 4) is 5.88 Å². The summed E-state index contributed by atoms with van der Waals surface area (Å²) in [4.78, 5) is 24.9. The first-order valence-corrected chi connectivity index (χ1v) is 9.30. The van der Waals surface area contributed by atoms with Crippen LogP contribution in [-0.2, 0) is 22.5 Å². The number of benzene rings is 1. The Hall–Kier alpha value is -2.67. The van der Waals surface area contributed by atoms with Gasteiger partial charge in [0.2, 0.25) is 11.8 Å². The number of carbonyl (C=O) groups is 1. The molecule has 0 bridgehead atoms. The molecule has 0 atom stereocenters. The molecule has 1 fully saturated rings. The van der Waals surface area contributed by atoms with Crippen LogP contribution in [0.3, 0.4) is 0 Å². The fourth-order valence-electron chi connectivity index (χ4n) is 3.22. The molecule has 3 rings (SSSR count). The highest BCUT2D eigenvalue weighted by Gasteiger charge is 2.22. The number of hydrogen-bond acceptors (Lipinski definition) is 7. The number of aromatic hydroxyl groups is 1. The number of aromatic nitrogens is 2. The van der Waals surface area contributed by atoms with Gasteiger partial charge in [0.05, 0.1) is 18.7 Å². The van der Waals surface area contributed by atoms with E-state index in [2.05, 4.69) is 44.0 Å². The lowest BCUT2D eigenvalue weighted by atomic mass is 10.1. The first-order chi connectivity index (χ1) is 13.1. The van der Waals surface area contributed by atoms with E-state index in [1.165, 1.54) is 5.56 Å². The number of carbonyl (C=O) groups excluding carboxylic acids is 1. The van der Waals surface area contributed by atoms with Crippen molar-refractivity contribution in [1.29, 1.82) is 0 Å². The minimum Gasteiger partial charge on any atom is -0.493 e. The largest absolute Gasteiger partial charge is 0.493 e. The van der Waals surface area contributed by atoms with Gasteiger partial charge in [-0.2, -0.15) is 4.98 Å². The minimum atomic E-state index is -0.387. The molecule has 7 heteroatoms. The number of nitrogens with zero attached hydrogens (tertiary/aromatic N) is 4. The lowest BCUT2D eigenvalue weighted by Crippen LogP contribution is -2.46. The molecule has 0 unspecified atom stereocenters. The molecule has 27 heavy (non-hydrogen) atoms. The summed E-state index contributed by atoms with van der Waals surface area (Å²) >= 11 is 0. The quantitative estimate of drug-likeness (QED) is 0.778. The molecule has 0 radical (unpaired) electrons. The molecular formula is C20H26N4O3. The molecule has 1 aliphatic heterocycles. The average molecular weight is 370 g/mol. The first-order valence-electron chi connectivity index (χ1n) is 9.30. The standard InChI is InChI=1S/C20H26N4O3/c1-3-27-18(25)13-17-15(2)21-20(22-19(17)26)24-11-9-23(10-12-24)14-16-7-5-4-6-8-16/h4-8H,3,9-14H2,1-2H3,(H,21,22,26). The number of aryl methyl sites for hydroxylation is 1. The van der Waals surface area contributed by atoms with Crippen LogP contribution in [0.25, 0.3) is 0 Å². The molecular weight excluding hydrogens is 344 g/mol. The smallest absolute Gasteiger partial charge is 0.310 e. The Balaban J connectivity index is 1.61. The van der Waals surface area contributed by atoms with Crippen LogP contribution < -0.4 is 4.90 Å². The van der Waals surface area contributed by atoms with Gasteiger partial charge in [-0.25, -0.2) is 4.98 Å². The van der Waals surface area contributed by atoms with Crippen molar-refractivity contribution >= 4 is 11.9 Å². The van der Waals surface area contributed by atoms with Gasteiger partial charge in [0.25, 0.3) is 0 Å². The highest BCUT2D eigenvalue weighted by molar-refractivity contribution is 5.73. The summed E-state index contributed by atoms with van der Waals surface area (Å²) in [5, 5.41) is 10.3. The van der Waals surface area contributed by atoms with Crippen molar-refractivity contribution < 1.29 is 14.6 Å². The Morgan fingerprint density at radius 2 is 1.85 bits per heavy atom. The SMILES string of the molecule is CCOC(=O)Cc1c(C)nc(N2CCN(Cc3ccccc3)CC2)nc1O. The van der Waals surface area contributed by atoms with Crippen LogP contribution in [0.5, 0.6) is 5.88 Å². The molecule has 0 amide bonds. The number of ether oxygens (including phenoxy) is 1. The predicted molar refractivity (Wildman–Crippen MR) is 103 cm³/mol. The van der Waals surface area contributed by atoms with Gasteiger partial charge < -0.3 is 14.7 Å². The lowest BCUT2D eigenvalue weighted by molar-refractivity contribution is -0.142. The van der Waals surface area contributed by atoms with Crippen molar-refractivity contribution in [2.24, 2.45) is 0 Å². The van der Waals surface area contributed by atoms with Crippen molar-refractivity contribution in [2.45, 2.75) is 26.8 Å². The lowest BCUT2D eigenvalue weighted by Gasteiger charge is -2.35. The van der Waals surface area contributed by atoms with Crippen LogP contribution in [0.4, 0.5) is 5.95 Å². The van der Waals surface area contributed by atoms with Gasteiger partial charge in [-0.05, 0) is 19.4 Å². The summed E-state index contributed by atoms with van der Waals surface area (Å²) in [5.41, 5.74) is 2.34. The number of esters is 1. The Morgan fingerprint density at radius 1 is 1.15 bits per heavy atom. The molecule has 2 heterocycles. The third-order valence-electron chi connectivity index (χ3n) is 4.71. The summed E-state index contributed by atoms with van der Waals surface area (Å²) in [6, 6.07) is 10.4. The highest BCUT2D eigenvalue weighted by Crippen LogP contribution is 2.23. The Kier molecular flexibility index (Phi) is 6.24. The fourth-order valence-corrected chi connectivity index (χ4v) is 3.22. The molecule has 1 saturated heterocycles. The van der Waals surface area contributed by atoms with Crippen LogP contribution in [0.15, 0.2) is 30.3 Å². The summed E-state index contributed by atoms with van der Waals surface area (Å²) in [6.07, 6.45) is -0.0172. The van der Waals surface area contributed by atoms with Crippen molar-refractivity contribution in [1.82, 2.24) is 14.9 Å². The van der Waals surface area contributed by atoms with E-state index in [4.69, 9.17) is 4.74 Å². The number of hydrogen-bond donors (Lipinski definition) is 1. The topological polar surface area (TPSA) is 78.8 Å². The van der Waals surface area contributed by atoms with E-state index >= 15 is 0 Å². The molecule has 144 valence electrons. The van der Waals surface area contributed by atoms with Gasteiger partial charge in [-0.15, -0.1) is 0 Å². The van der Waals surface area contributed by atoms with Gasteiger partial charge >= 0.3 is 5.97 Å². The van der Waals surface area contributed by atoms with E-state index in [0.717, 1.165) is 32.7 Å². The molecule has 1 aromatic heterocycles. The second kappa shape index (κ2) is 8.81. The first kappa shape index (κ1) is 19.1. The monoisotopic (exact) mass is 370 g/mol. The maximum absolute atomic E-state index is 11.7. The van der Waals surface area contributed by atoms with Gasteiger partial charge in [0, 0.05) is 38.3 Å². The molecule has 2 aromatic rings. The molecule has 7 nitrogen and oxygen atoms in total. The molecule has 1 aliphatic rings. The van der Waals surface area contributed by atoms with E-state index in [-0.39, 0.29) is 18.3 Å². The normalized spacial score (nSPS) is 15.0. The summed E-state index contributed by atoms with van der Waals surface area (Å²) in [5.74, 6) is -0.0176. The fraction of sp³-hybridized carbons (Fsp3) is 0.450. The highest BCUT2D eigenvalue weighted by atomic mass is 16.5. The molecule has 1 aromatic carbocycles. The van der Waals surface area contributed by atoms with Crippen LogP contribution >= 0.6 is 0 Å². The van der Waals surface area contributed by atoms with E-state index in [0.29, 0.717) is 23.8 Å². The van der Waals surface area contributed by atoms with Gasteiger partial charge in [0.1, 0.15) is 0 Å². The Bertz CT molecular complexity index is 751. The zero-order chi connectivity index (χ0) is 19.2. The number of piperazine rings is 1. The van der Waals surface area contributed by atoms with Gasteiger partial charge in [0.15, 0.2) is 0 Å². The molecule has 0 spiro atoms. The third kappa shape index (κ3) is 4.95. The van der Waals surface area contributed by atoms with Gasteiger partial charge in [-0.3, -0.25) is 9.69 Å². The number of rotatable bonds is 6. The van der Waals surface area contributed by atoms with Crippen LogP contribution in [0.1, 0.15) is 23.7 Å².